The highest BCUT2D eigenvalue weighted by molar-refractivity contribution is 6.34. The van der Waals surface area contributed by atoms with Crippen LogP contribution in [0.5, 0.6) is 5.75 Å². The third-order valence-electron chi connectivity index (χ3n) is 8.10. The quantitative estimate of drug-likeness (QED) is 0.323. The number of fused-ring (bicyclic) bond motifs is 2. The molecule has 0 aliphatic carbocycles. The SMILES string of the molecule is C=CC(=O)N1CC(Cn2c(=O)c(NCC3CCN(C)C3)nc3cc(-c4cc(O)cc5ccccc45)c(Cl)cc32)C1. The van der Waals surface area contributed by atoms with Crippen LogP contribution in [-0.2, 0) is 11.3 Å². The van der Waals surface area contributed by atoms with Crippen molar-refractivity contribution >= 4 is 45.1 Å². The summed E-state index contributed by atoms with van der Waals surface area (Å²) in [6, 6.07) is 15.0. The van der Waals surface area contributed by atoms with E-state index in [1.165, 1.54) is 6.08 Å². The molecule has 2 fully saturated rings. The number of benzene rings is 3. The average Bonchev–Trinajstić information content (AvgIpc) is 3.34. The predicted octanol–water partition coefficient (Wildman–Crippen LogP) is 4.58. The molecule has 9 heteroatoms. The third kappa shape index (κ3) is 4.93. The standard InChI is InChI=1S/C31H32ClN5O3/c1-3-29(39)36-16-20(17-36)18-37-28-13-26(32)25(24-11-22(38)10-21-6-4-5-7-23(21)24)12-27(28)34-30(31(37)40)33-14-19-8-9-35(2)15-19/h3-7,10-13,19-20,38H,1,8-9,14-18H2,2H3,(H,33,34). The summed E-state index contributed by atoms with van der Waals surface area (Å²) < 4.78 is 1.74. The number of nitrogens with zero attached hydrogens (tertiary/aromatic N) is 4. The van der Waals surface area contributed by atoms with Gasteiger partial charge < -0.3 is 24.8 Å². The zero-order valence-electron chi connectivity index (χ0n) is 22.4. The fraction of sp³-hybridized carbons (Fsp3) is 0.323. The van der Waals surface area contributed by atoms with Gasteiger partial charge in [0.15, 0.2) is 5.82 Å². The largest absolute Gasteiger partial charge is 0.508 e. The number of nitrogens with one attached hydrogen (secondary N) is 1. The Kier molecular flexibility index (Phi) is 6.98. The number of amides is 1. The number of likely N-dealkylation sites (tertiary alicyclic amines) is 2. The summed E-state index contributed by atoms with van der Waals surface area (Å²) in [5.41, 5.74) is 2.61. The molecule has 3 heterocycles. The molecular formula is C31H32ClN5O3. The van der Waals surface area contributed by atoms with Gasteiger partial charge in [-0.25, -0.2) is 4.98 Å². The number of hydrogen-bond acceptors (Lipinski definition) is 6. The molecule has 2 N–H and O–H groups in total. The van der Waals surface area contributed by atoms with Gasteiger partial charge in [-0.1, -0.05) is 42.4 Å². The van der Waals surface area contributed by atoms with Crippen LogP contribution in [0.4, 0.5) is 5.82 Å². The van der Waals surface area contributed by atoms with Gasteiger partial charge in [0.05, 0.1) is 16.1 Å². The Bertz CT molecular complexity index is 1690. The minimum Gasteiger partial charge on any atom is -0.508 e. The van der Waals surface area contributed by atoms with Crippen molar-refractivity contribution in [3.8, 4) is 16.9 Å². The van der Waals surface area contributed by atoms with Gasteiger partial charge in [-0.05, 0) is 72.6 Å². The molecule has 206 valence electrons. The maximum absolute atomic E-state index is 13.7. The van der Waals surface area contributed by atoms with E-state index < -0.39 is 0 Å². The number of aromatic hydroxyl groups is 1. The van der Waals surface area contributed by atoms with Crippen LogP contribution in [0.2, 0.25) is 5.02 Å². The van der Waals surface area contributed by atoms with Gasteiger partial charge >= 0.3 is 0 Å². The van der Waals surface area contributed by atoms with Crippen molar-refractivity contribution < 1.29 is 9.90 Å². The van der Waals surface area contributed by atoms with Gasteiger partial charge in [0.2, 0.25) is 5.91 Å². The summed E-state index contributed by atoms with van der Waals surface area (Å²) >= 11 is 6.87. The number of carbonyl (C=O) groups is 1. The van der Waals surface area contributed by atoms with Crippen LogP contribution in [0.3, 0.4) is 0 Å². The molecule has 3 aromatic carbocycles. The first-order valence-corrected chi connectivity index (χ1v) is 14.0. The molecule has 4 aromatic rings. The van der Waals surface area contributed by atoms with E-state index >= 15 is 0 Å². The number of rotatable bonds is 7. The van der Waals surface area contributed by atoms with Crippen molar-refractivity contribution in [3.05, 3.63) is 76.6 Å². The number of carbonyl (C=O) groups excluding carboxylic acids is 1. The van der Waals surface area contributed by atoms with Crippen molar-refractivity contribution in [1.29, 1.82) is 0 Å². The molecule has 2 saturated heterocycles. The normalized spacial score (nSPS) is 17.9. The molecule has 0 spiro atoms. The first-order valence-electron chi connectivity index (χ1n) is 13.6. The van der Waals surface area contributed by atoms with Crippen LogP contribution < -0.4 is 10.9 Å². The van der Waals surface area contributed by atoms with Crippen molar-refractivity contribution in [2.24, 2.45) is 11.8 Å². The smallest absolute Gasteiger partial charge is 0.293 e. The highest BCUT2D eigenvalue weighted by Gasteiger charge is 2.31. The van der Waals surface area contributed by atoms with Crippen molar-refractivity contribution in [2.45, 2.75) is 13.0 Å². The number of halogens is 1. The molecule has 0 bridgehead atoms. The van der Waals surface area contributed by atoms with Gasteiger partial charge in [0.25, 0.3) is 5.56 Å². The first-order chi connectivity index (χ1) is 19.3. The Balaban J connectivity index is 1.43. The topological polar surface area (TPSA) is 90.7 Å². The van der Waals surface area contributed by atoms with E-state index in [0.29, 0.717) is 54.0 Å². The minimum absolute atomic E-state index is 0.0990. The Morgan fingerprint density at radius 1 is 1.15 bits per heavy atom. The van der Waals surface area contributed by atoms with Crippen molar-refractivity contribution in [3.63, 3.8) is 0 Å². The van der Waals surface area contributed by atoms with Crippen molar-refractivity contribution in [2.75, 3.05) is 45.1 Å². The van der Waals surface area contributed by atoms with Gasteiger partial charge in [0.1, 0.15) is 5.75 Å². The highest BCUT2D eigenvalue weighted by atomic mass is 35.5. The second-order valence-corrected chi connectivity index (χ2v) is 11.4. The number of anilines is 1. The van der Waals surface area contributed by atoms with E-state index in [4.69, 9.17) is 16.6 Å². The predicted molar refractivity (Wildman–Crippen MR) is 160 cm³/mol. The van der Waals surface area contributed by atoms with E-state index in [9.17, 15) is 14.7 Å². The van der Waals surface area contributed by atoms with E-state index in [1.54, 1.807) is 27.7 Å². The molecule has 1 amide bonds. The fourth-order valence-corrected chi connectivity index (χ4v) is 6.23. The highest BCUT2D eigenvalue weighted by Crippen LogP contribution is 2.38. The van der Waals surface area contributed by atoms with E-state index in [1.807, 2.05) is 30.3 Å². The summed E-state index contributed by atoms with van der Waals surface area (Å²) in [6.07, 6.45) is 2.39. The lowest BCUT2D eigenvalue weighted by Crippen LogP contribution is -2.51. The molecule has 0 radical (unpaired) electrons. The molecule has 40 heavy (non-hydrogen) atoms. The number of phenols is 1. The lowest BCUT2D eigenvalue weighted by Gasteiger charge is -2.39. The van der Waals surface area contributed by atoms with Crippen LogP contribution in [0.15, 0.2) is 66.0 Å². The van der Waals surface area contributed by atoms with Crippen LogP contribution in [0.25, 0.3) is 32.9 Å². The minimum atomic E-state index is -0.195. The van der Waals surface area contributed by atoms with Crippen LogP contribution in [-0.4, -0.2) is 70.1 Å². The van der Waals surface area contributed by atoms with E-state index in [2.05, 4.69) is 23.8 Å². The maximum atomic E-state index is 13.7. The lowest BCUT2D eigenvalue weighted by atomic mass is 9.97. The van der Waals surface area contributed by atoms with Gasteiger partial charge in [-0.2, -0.15) is 0 Å². The van der Waals surface area contributed by atoms with E-state index in [-0.39, 0.29) is 23.1 Å². The first kappa shape index (κ1) is 26.3. The zero-order valence-corrected chi connectivity index (χ0v) is 23.2. The zero-order chi connectivity index (χ0) is 28.0. The molecule has 6 rings (SSSR count). The monoisotopic (exact) mass is 557 g/mol. The number of hydrogen-bond donors (Lipinski definition) is 2. The average molecular weight is 558 g/mol. The third-order valence-corrected chi connectivity index (χ3v) is 8.42. The summed E-state index contributed by atoms with van der Waals surface area (Å²) in [6.45, 7) is 7.85. The number of phenolic OH excluding ortho intramolecular Hbond substituents is 1. The molecule has 2 aliphatic rings. The summed E-state index contributed by atoms with van der Waals surface area (Å²) in [7, 11) is 2.11. The molecular weight excluding hydrogens is 526 g/mol. The van der Waals surface area contributed by atoms with Crippen LogP contribution >= 0.6 is 11.6 Å². The summed E-state index contributed by atoms with van der Waals surface area (Å²) in [5.74, 6) is 0.944. The van der Waals surface area contributed by atoms with Crippen LogP contribution in [0, 0.1) is 11.8 Å². The summed E-state index contributed by atoms with van der Waals surface area (Å²) in [5, 5.41) is 16.1. The Morgan fingerprint density at radius 2 is 1.95 bits per heavy atom. The molecule has 1 unspecified atom stereocenters. The van der Waals surface area contributed by atoms with Crippen molar-refractivity contribution in [1.82, 2.24) is 19.4 Å². The molecule has 0 saturated carbocycles. The summed E-state index contributed by atoms with van der Waals surface area (Å²) in [4.78, 5) is 34.5. The maximum Gasteiger partial charge on any atom is 0.293 e. The second kappa shape index (κ2) is 10.6. The molecule has 1 atom stereocenters. The second-order valence-electron chi connectivity index (χ2n) is 11.0. The van der Waals surface area contributed by atoms with Gasteiger partial charge in [-0.3, -0.25) is 9.59 Å². The Hall–Kier alpha value is -3.88. The van der Waals surface area contributed by atoms with E-state index in [0.717, 1.165) is 41.4 Å². The fourth-order valence-electron chi connectivity index (χ4n) is 5.97. The lowest BCUT2D eigenvalue weighted by molar-refractivity contribution is -0.132. The van der Waals surface area contributed by atoms with Gasteiger partial charge in [-0.15, -0.1) is 0 Å². The molecule has 8 nitrogen and oxygen atoms in total. The molecule has 2 aliphatic heterocycles. The Morgan fingerprint density at radius 3 is 2.70 bits per heavy atom. The molecule has 1 aromatic heterocycles. The Labute approximate surface area is 237 Å². The van der Waals surface area contributed by atoms with Gasteiger partial charge in [0, 0.05) is 44.2 Å². The van der Waals surface area contributed by atoms with Crippen LogP contribution in [0.1, 0.15) is 6.42 Å². The number of aromatic nitrogens is 2.